The fourth-order valence-electron chi connectivity index (χ4n) is 2.89. The van der Waals surface area contributed by atoms with Gasteiger partial charge < -0.3 is 30.4 Å². The van der Waals surface area contributed by atoms with Crippen molar-refractivity contribution >= 4 is 39.6 Å². The summed E-state index contributed by atoms with van der Waals surface area (Å²) in [6.45, 7) is 2.08. The van der Waals surface area contributed by atoms with Crippen molar-refractivity contribution < 1.29 is 23.3 Å². The molecule has 0 saturated carbocycles. The first-order valence-electron chi connectivity index (χ1n) is 10.3. The van der Waals surface area contributed by atoms with E-state index < -0.39 is 5.82 Å². The molecule has 2 heterocycles. The Morgan fingerprint density at radius 1 is 0.909 bits per heavy atom. The lowest BCUT2D eigenvalue weighted by atomic mass is 10.2. The zero-order valence-corrected chi connectivity index (χ0v) is 20.1. The van der Waals surface area contributed by atoms with Crippen molar-refractivity contribution in [2.24, 2.45) is 21.5 Å². The van der Waals surface area contributed by atoms with Gasteiger partial charge in [0.15, 0.2) is 0 Å². The van der Waals surface area contributed by atoms with E-state index in [-0.39, 0.29) is 29.1 Å². The van der Waals surface area contributed by atoms with Crippen molar-refractivity contribution in [1.82, 2.24) is 0 Å². The van der Waals surface area contributed by atoms with Gasteiger partial charge in [-0.25, -0.2) is 14.4 Å². The first kappa shape index (κ1) is 24.9. The Kier molecular flexibility index (Phi) is 9.44. The number of hydrogen-bond donors (Lipinski definition) is 2. The maximum Gasteiger partial charge on any atom is 0.282 e. The fourth-order valence-corrected chi connectivity index (χ4v) is 3.27. The number of halogens is 3. The summed E-state index contributed by atoms with van der Waals surface area (Å²) in [6, 6.07) is 12.7. The van der Waals surface area contributed by atoms with Gasteiger partial charge in [-0.15, -0.1) is 0 Å². The van der Waals surface area contributed by atoms with Gasteiger partial charge in [-0.3, -0.25) is 0 Å². The third-order valence-corrected chi connectivity index (χ3v) is 5.45. The van der Waals surface area contributed by atoms with E-state index in [0.717, 1.165) is 16.6 Å². The minimum Gasteiger partial charge on any atom is -0.494 e. The normalized spacial score (nSPS) is 18.9. The van der Waals surface area contributed by atoms with Crippen LogP contribution < -0.4 is 20.9 Å². The lowest BCUT2D eigenvalue weighted by Crippen LogP contribution is -2.12. The lowest BCUT2D eigenvalue weighted by Gasteiger charge is -2.08. The summed E-state index contributed by atoms with van der Waals surface area (Å²) < 4.78 is 35.1. The van der Waals surface area contributed by atoms with Crippen LogP contribution in [0.15, 0.2) is 56.9 Å². The van der Waals surface area contributed by atoms with Crippen LogP contribution in [-0.2, 0) is 9.47 Å². The van der Waals surface area contributed by atoms with Crippen molar-refractivity contribution in [3.8, 4) is 11.5 Å². The van der Waals surface area contributed by atoms with Gasteiger partial charge in [0.25, 0.3) is 12.0 Å². The summed E-state index contributed by atoms with van der Waals surface area (Å²) in [6.07, 6.45) is 1.49. The fraction of sp³-hybridized carbons (Fsp3) is 0.364. The van der Waals surface area contributed by atoms with E-state index >= 15 is 0 Å². The van der Waals surface area contributed by atoms with Crippen LogP contribution >= 0.6 is 27.5 Å². The van der Waals surface area contributed by atoms with Gasteiger partial charge in [0, 0.05) is 23.4 Å². The largest absolute Gasteiger partial charge is 0.494 e. The lowest BCUT2D eigenvalue weighted by molar-refractivity contribution is 0.263. The number of amidine groups is 2. The Balaban J connectivity index is 0.000000186. The van der Waals surface area contributed by atoms with Gasteiger partial charge in [0.1, 0.15) is 30.5 Å². The highest BCUT2D eigenvalue weighted by atomic mass is 79.9. The number of nitrogens with zero attached hydrogens (tertiary/aromatic N) is 2. The Morgan fingerprint density at radius 2 is 1.42 bits per heavy atom. The molecule has 4 N–H and O–H groups in total. The Bertz CT molecular complexity index is 977. The summed E-state index contributed by atoms with van der Waals surface area (Å²) >= 11 is 8.93. The number of hydrogen-bond acceptors (Lipinski definition) is 8. The number of nitrogens with two attached hydrogens (primary N) is 2. The first-order chi connectivity index (χ1) is 15.9. The second-order valence-corrected chi connectivity index (χ2v) is 8.49. The van der Waals surface area contributed by atoms with Crippen molar-refractivity contribution in [1.29, 1.82) is 0 Å². The summed E-state index contributed by atoms with van der Waals surface area (Å²) in [5.41, 5.74) is 10.8. The maximum absolute atomic E-state index is 13.1. The summed E-state index contributed by atoms with van der Waals surface area (Å²) in [7, 11) is 0. The molecule has 8 nitrogen and oxygen atoms in total. The van der Waals surface area contributed by atoms with E-state index in [2.05, 4.69) is 25.9 Å². The summed E-state index contributed by atoms with van der Waals surface area (Å²) in [5, 5.41) is 0.0823. The highest BCUT2D eigenvalue weighted by Gasteiger charge is 2.17. The molecule has 0 spiro atoms. The minimum absolute atomic E-state index is 0.0205. The molecule has 2 aliphatic heterocycles. The van der Waals surface area contributed by atoms with Crippen LogP contribution in [-0.4, -0.2) is 50.6 Å². The molecular weight excluding hydrogens is 519 g/mol. The third-order valence-electron chi connectivity index (χ3n) is 4.61. The van der Waals surface area contributed by atoms with Crippen LogP contribution in [0.4, 0.5) is 4.39 Å². The molecule has 33 heavy (non-hydrogen) atoms. The molecule has 2 atom stereocenters. The molecular formula is C22H25BrClFN4O4. The monoisotopic (exact) mass is 542 g/mol. The van der Waals surface area contributed by atoms with E-state index in [4.69, 9.17) is 42.0 Å². The van der Waals surface area contributed by atoms with E-state index in [0.29, 0.717) is 38.6 Å². The SMILES string of the molecule is NC1=N[C@@H](CCOc2ccc(Br)cc2)CO1.NC1=N[C@@H](CCOc2ccc(Cl)c(F)c2)CO1. The second kappa shape index (κ2) is 12.5. The Hall–Kier alpha value is -2.72. The number of ether oxygens (including phenoxy) is 4. The van der Waals surface area contributed by atoms with Crippen LogP contribution in [0.3, 0.4) is 0 Å². The van der Waals surface area contributed by atoms with Crippen LogP contribution in [0.2, 0.25) is 5.02 Å². The van der Waals surface area contributed by atoms with Crippen LogP contribution in [0.25, 0.3) is 0 Å². The van der Waals surface area contributed by atoms with Gasteiger partial charge >= 0.3 is 0 Å². The number of rotatable bonds is 8. The van der Waals surface area contributed by atoms with Crippen LogP contribution in [0.1, 0.15) is 12.8 Å². The zero-order chi connectivity index (χ0) is 23.6. The molecule has 0 saturated heterocycles. The summed E-state index contributed by atoms with van der Waals surface area (Å²) in [5.74, 6) is 0.817. The van der Waals surface area contributed by atoms with Crippen molar-refractivity contribution in [3.63, 3.8) is 0 Å². The van der Waals surface area contributed by atoms with Gasteiger partial charge in [0.05, 0.1) is 30.3 Å². The molecule has 0 amide bonds. The summed E-state index contributed by atoms with van der Waals surface area (Å²) in [4.78, 5) is 8.17. The molecule has 2 aliphatic rings. The number of benzene rings is 2. The Labute approximate surface area is 204 Å². The smallest absolute Gasteiger partial charge is 0.282 e. The molecule has 11 heteroatoms. The standard InChI is InChI=1S/C11H13BrN2O2.C11H12ClFN2O2/c12-8-1-3-10(4-2-8)15-6-5-9-7-16-11(13)14-9;12-9-2-1-8(5-10(9)13)16-4-3-7-6-17-11(14)15-7/h1-4,9H,5-7H2,(H2,13,14);1-2,5,7H,3-4,6H2,(H2,14,15)/t9-;7-/m00/s1. The van der Waals surface area contributed by atoms with Gasteiger partial charge in [-0.05, 0) is 36.4 Å². The Morgan fingerprint density at radius 3 is 1.91 bits per heavy atom. The van der Waals surface area contributed by atoms with Crippen molar-refractivity contribution in [2.75, 3.05) is 26.4 Å². The molecule has 178 valence electrons. The highest BCUT2D eigenvalue weighted by molar-refractivity contribution is 9.10. The van der Waals surface area contributed by atoms with E-state index in [9.17, 15) is 4.39 Å². The molecule has 0 aromatic heterocycles. The zero-order valence-electron chi connectivity index (χ0n) is 17.8. The predicted octanol–water partition coefficient (Wildman–Crippen LogP) is 3.89. The highest BCUT2D eigenvalue weighted by Crippen LogP contribution is 2.21. The van der Waals surface area contributed by atoms with E-state index in [1.165, 1.54) is 12.1 Å². The maximum atomic E-state index is 13.1. The van der Waals surface area contributed by atoms with E-state index in [1.54, 1.807) is 6.07 Å². The third kappa shape index (κ3) is 8.62. The van der Waals surface area contributed by atoms with Gasteiger partial charge in [-0.2, -0.15) is 0 Å². The average molecular weight is 544 g/mol. The van der Waals surface area contributed by atoms with Crippen molar-refractivity contribution in [2.45, 2.75) is 24.9 Å². The predicted molar refractivity (Wildman–Crippen MR) is 129 cm³/mol. The molecule has 2 aromatic carbocycles. The first-order valence-corrected chi connectivity index (χ1v) is 11.4. The molecule has 0 unspecified atom stereocenters. The topological polar surface area (TPSA) is 114 Å². The van der Waals surface area contributed by atoms with Crippen molar-refractivity contribution in [3.05, 3.63) is 57.8 Å². The van der Waals surface area contributed by atoms with Crippen LogP contribution in [0.5, 0.6) is 11.5 Å². The molecule has 4 rings (SSSR count). The van der Waals surface area contributed by atoms with Gasteiger partial charge in [-0.1, -0.05) is 27.5 Å². The molecule has 0 aliphatic carbocycles. The second-order valence-electron chi connectivity index (χ2n) is 7.17. The quantitative estimate of drug-likeness (QED) is 0.522. The average Bonchev–Trinajstić information content (AvgIpc) is 3.40. The molecule has 0 bridgehead atoms. The minimum atomic E-state index is -0.490. The molecule has 2 aromatic rings. The molecule has 0 radical (unpaired) electrons. The molecule has 0 fully saturated rings. The van der Waals surface area contributed by atoms with Gasteiger partial charge in [0.2, 0.25) is 0 Å². The van der Waals surface area contributed by atoms with Crippen LogP contribution in [0, 0.1) is 5.82 Å². The number of aliphatic imine (C=N–C) groups is 2. The van der Waals surface area contributed by atoms with E-state index in [1.807, 2.05) is 24.3 Å².